The van der Waals surface area contributed by atoms with Crippen LogP contribution in [-0.4, -0.2) is 25.5 Å². The molecule has 5 heteroatoms. The van der Waals surface area contributed by atoms with Gasteiger partial charge in [-0.15, -0.1) is 0 Å². The van der Waals surface area contributed by atoms with Crippen molar-refractivity contribution in [2.75, 3.05) is 0 Å². The Hall–Kier alpha value is -2.82. The van der Waals surface area contributed by atoms with Crippen molar-refractivity contribution in [2.45, 2.75) is 0 Å². The van der Waals surface area contributed by atoms with Crippen LogP contribution >= 0.6 is 0 Å². The van der Waals surface area contributed by atoms with Crippen LogP contribution in [0.3, 0.4) is 0 Å². The van der Waals surface area contributed by atoms with Crippen LogP contribution in [-0.2, 0) is 0 Å². The maximum atomic E-state index is 9.63. The predicted octanol–water partition coefficient (Wildman–Crippen LogP) is 2.39. The third-order valence-corrected chi connectivity index (χ3v) is 2.65. The molecule has 0 unspecified atom stereocenters. The topological polar surface area (TPSA) is 101 Å². The first kappa shape index (κ1) is 12.6. The molecule has 2 aromatic rings. The molecule has 0 saturated heterocycles. The van der Waals surface area contributed by atoms with Crippen molar-refractivity contribution in [1.82, 2.24) is 0 Å². The van der Waals surface area contributed by atoms with Gasteiger partial charge in [-0.3, -0.25) is 0 Å². The van der Waals surface area contributed by atoms with Crippen LogP contribution in [0.5, 0.6) is 28.7 Å². The van der Waals surface area contributed by atoms with E-state index in [1.165, 1.54) is 6.08 Å². The Balaban J connectivity index is 2.50. The summed E-state index contributed by atoms with van der Waals surface area (Å²) < 4.78 is 0. The molecule has 0 amide bonds. The second-order valence-electron chi connectivity index (χ2n) is 3.90. The summed E-state index contributed by atoms with van der Waals surface area (Å²) in [5, 5.41) is 47.3. The molecule has 0 aliphatic carbocycles. The van der Waals surface area contributed by atoms with Crippen molar-refractivity contribution in [1.29, 1.82) is 0 Å². The minimum atomic E-state index is -0.966. The number of phenols is 5. The van der Waals surface area contributed by atoms with Crippen molar-refractivity contribution in [3.63, 3.8) is 0 Å². The summed E-state index contributed by atoms with van der Waals surface area (Å²) in [6.07, 6.45) is 2.89. The summed E-state index contributed by atoms with van der Waals surface area (Å²) in [6, 6.07) is 9.05. The molecule has 5 nitrogen and oxygen atoms in total. The molecule has 98 valence electrons. The molecule has 0 aromatic heterocycles. The summed E-state index contributed by atoms with van der Waals surface area (Å²) >= 11 is 0. The van der Waals surface area contributed by atoms with Crippen LogP contribution < -0.4 is 0 Å². The molecule has 2 aromatic carbocycles. The lowest BCUT2D eigenvalue weighted by Crippen LogP contribution is -1.82. The average Bonchev–Trinajstić information content (AvgIpc) is 2.44. The van der Waals surface area contributed by atoms with Crippen molar-refractivity contribution in [3.05, 3.63) is 41.5 Å². The van der Waals surface area contributed by atoms with E-state index in [0.717, 1.165) is 5.56 Å². The first-order valence-corrected chi connectivity index (χ1v) is 5.44. The van der Waals surface area contributed by atoms with E-state index >= 15 is 0 Å². The summed E-state index contributed by atoms with van der Waals surface area (Å²) in [7, 11) is 0. The van der Waals surface area contributed by atoms with Gasteiger partial charge in [-0.1, -0.05) is 36.4 Å². The number of rotatable bonds is 2. The van der Waals surface area contributed by atoms with Gasteiger partial charge in [0.05, 0.1) is 5.56 Å². The van der Waals surface area contributed by atoms with Crippen molar-refractivity contribution in [2.24, 2.45) is 0 Å². The molecule has 0 radical (unpaired) electrons. The molecule has 0 aliphatic rings. The van der Waals surface area contributed by atoms with Crippen molar-refractivity contribution in [3.8, 4) is 28.7 Å². The van der Waals surface area contributed by atoms with Gasteiger partial charge in [-0.05, 0) is 11.6 Å². The Morgan fingerprint density at radius 2 is 1.05 bits per heavy atom. The molecule has 0 spiro atoms. The van der Waals surface area contributed by atoms with Gasteiger partial charge in [-0.25, -0.2) is 0 Å². The molecule has 0 atom stereocenters. The fraction of sp³-hybridized carbons (Fsp3) is 0. The highest BCUT2D eigenvalue weighted by Gasteiger charge is 2.21. The van der Waals surface area contributed by atoms with Crippen LogP contribution in [0.25, 0.3) is 12.2 Å². The number of aromatic hydroxyl groups is 5. The Bertz CT molecular complexity index is 603. The number of hydrogen-bond donors (Lipinski definition) is 5. The van der Waals surface area contributed by atoms with Crippen LogP contribution in [0, 0.1) is 0 Å². The molecular formula is C14H12O5. The van der Waals surface area contributed by atoms with Crippen LogP contribution in [0.1, 0.15) is 11.1 Å². The molecule has 0 fully saturated rings. The maximum Gasteiger partial charge on any atom is 0.208 e. The van der Waals surface area contributed by atoms with Gasteiger partial charge < -0.3 is 25.5 Å². The fourth-order valence-corrected chi connectivity index (χ4v) is 1.61. The second-order valence-corrected chi connectivity index (χ2v) is 3.90. The van der Waals surface area contributed by atoms with Gasteiger partial charge in [-0.2, -0.15) is 0 Å². The van der Waals surface area contributed by atoms with Gasteiger partial charge in [0.25, 0.3) is 0 Å². The van der Waals surface area contributed by atoms with E-state index < -0.39 is 28.7 Å². The number of phenolic OH excluding ortho intramolecular Hbond substituents is 5. The first-order valence-electron chi connectivity index (χ1n) is 5.44. The highest BCUT2D eigenvalue weighted by molar-refractivity contribution is 5.81. The Labute approximate surface area is 108 Å². The molecule has 19 heavy (non-hydrogen) atoms. The molecule has 0 aliphatic heterocycles. The minimum Gasteiger partial charge on any atom is -0.504 e. The summed E-state index contributed by atoms with van der Waals surface area (Å²) in [4.78, 5) is 0. The zero-order valence-electron chi connectivity index (χ0n) is 9.78. The largest absolute Gasteiger partial charge is 0.504 e. The quantitative estimate of drug-likeness (QED) is 0.324. The normalized spacial score (nSPS) is 10.9. The number of benzene rings is 2. The molecule has 0 saturated carbocycles. The lowest BCUT2D eigenvalue weighted by atomic mass is 10.1. The van der Waals surface area contributed by atoms with Gasteiger partial charge in [0.2, 0.25) is 17.2 Å². The van der Waals surface area contributed by atoms with E-state index in [4.69, 9.17) is 0 Å². The summed E-state index contributed by atoms with van der Waals surface area (Å²) in [5.74, 6) is -4.15. The van der Waals surface area contributed by atoms with E-state index in [9.17, 15) is 25.5 Å². The summed E-state index contributed by atoms with van der Waals surface area (Å²) in [5.41, 5.74) is 0.616. The molecule has 0 heterocycles. The van der Waals surface area contributed by atoms with Crippen molar-refractivity contribution >= 4 is 12.2 Å². The average molecular weight is 260 g/mol. The predicted molar refractivity (Wildman–Crippen MR) is 70.1 cm³/mol. The smallest absolute Gasteiger partial charge is 0.208 e. The van der Waals surface area contributed by atoms with Gasteiger partial charge in [0.1, 0.15) is 0 Å². The van der Waals surface area contributed by atoms with E-state index in [-0.39, 0.29) is 5.56 Å². The van der Waals surface area contributed by atoms with Gasteiger partial charge in [0, 0.05) is 0 Å². The van der Waals surface area contributed by atoms with E-state index in [0.29, 0.717) is 0 Å². The lowest BCUT2D eigenvalue weighted by molar-refractivity contribution is 0.327. The zero-order valence-corrected chi connectivity index (χ0v) is 9.78. The Morgan fingerprint density at radius 3 is 1.58 bits per heavy atom. The van der Waals surface area contributed by atoms with Crippen LogP contribution in [0.4, 0.5) is 0 Å². The highest BCUT2D eigenvalue weighted by atomic mass is 16.4. The Morgan fingerprint density at radius 1 is 0.579 bits per heavy atom. The molecule has 2 rings (SSSR count). The van der Waals surface area contributed by atoms with E-state index in [2.05, 4.69) is 0 Å². The third-order valence-electron chi connectivity index (χ3n) is 2.65. The standard InChI is InChI=1S/C14H12O5/c15-10-9(7-6-8-4-2-1-3-5-8)11(16)13(18)14(19)12(10)17/h1-7,15-19H. The Kier molecular flexibility index (Phi) is 3.20. The highest BCUT2D eigenvalue weighted by Crippen LogP contribution is 2.51. The van der Waals surface area contributed by atoms with E-state index in [1.807, 2.05) is 18.2 Å². The zero-order chi connectivity index (χ0) is 14.0. The monoisotopic (exact) mass is 260 g/mol. The first-order chi connectivity index (χ1) is 9.02. The third kappa shape index (κ3) is 2.26. The van der Waals surface area contributed by atoms with E-state index in [1.54, 1.807) is 18.2 Å². The van der Waals surface area contributed by atoms with Gasteiger partial charge in [0.15, 0.2) is 11.5 Å². The van der Waals surface area contributed by atoms with Crippen LogP contribution in [0.15, 0.2) is 30.3 Å². The molecule has 0 bridgehead atoms. The number of hydrogen-bond acceptors (Lipinski definition) is 5. The lowest BCUT2D eigenvalue weighted by Gasteiger charge is -2.09. The van der Waals surface area contributed by atoms with Gasteiger partial charge >= 0.3 is 0 Å². The second kappa shape index (κ2) is 4.81. The maximum absolute atomic E-state index is 9.63. The van der Waals surface area contributed by atoms with Crippen LogP contribution in [0.2, 0.25) is 0 Å². The molecule has 5 N–H and O–H groups in total. The minimum absolute atomic E-state index is 0.184. The van der Waals surface area contributed by atoms with Crippen molar-refractivity contribution < 1.29 is 25.5 Å². The fourth-order valence-electron chi connectivity index (χ4n) is 1.61. The summed E-state index contributed by atoms with van der Waals surface area (Å²) in [6.45, 7) is 0. The molecular weight excluding hydrogens is 248 g/mol. The SMILES string of the molecule is Oc1c(O)c(O)c(C=Cc2ccccc2)c(O)c1O.